The van der Waals surface area contributed by atoms with E-state index < -0.39 is 11.6 Å². The van der Waals surface area contributed by atoms with Gasteiger partial charge >= 0.3 is 5.97 Å². The molecule has 0 aliphatic carbocycles. The molecule has 3 rings (SSSR count). The molecule has 0 aliphatic rings. The lowest BCUT2D eigenvalue weighted by Crippen LogP contribution is -2.33. The second-order valence-electron chi connectivity index (χ2n) is 7.79. The van der Waals surface area contributed by atoms with E-state index in [-0.39, 0.29) is 0 Å². The van der Waals surface area contributed by atoms with Crippen molar-refractivity contribution in [3.63, 3.8) is 0 Å². The van der Waals surface area contributed by atoms with Crippen LogP contribution in [0, 0.1) is 0 Å². The highest BCUT2D eigenvalue weighted by Gasteiger charge is 2.25. The number of nitrogen functional groups attached to an aromatic ring is 1. The van der Waals surface area contributed by atoms with Crippen molar-refractivity contribution in [3.8, 4) is 0 Å². The first-order chi connectivity index (χ1) is 14.8. The number of nitrogens with two attached hydrogens (primary N) is 2. The largest absolute Gasteiger partial charge is 0.478 e. The fourth-order valence-corrected chi connectivity index (χ4v) is 3.48. The molecule has 0 saturated heterocycles. The Morgan fingerprint density at radius 1 is 1.32 bits per heavy atom. The van der Waals surface area contributed by atoms with Gasteiger partial charge in [-0.25, -0.2) is 14.8 Å². The van der Waals surface area contributed by atoms with Crippen LogP contribution in [-0.2, 0) is 27.4 Å². The SMILES string of the molecule is CCOCc1nc2c(N)nc3cc(/C=C/C(=O)O)ccc3c2n1CC(C)(C)OCCN. The third-order valence-electron chi connectivity index (χ3n) is 4.81. The van der Waals surface area contributed by atoms with E-state index >= 15 is 0 Å². The number of aromatic nitrogens is 3. The summed E-state index contributed by atoms with van der Waals surface area (Å²) in [5.74, 6) is 0.0255. The molecule has 2 heterocycles. The number of carboxylic acids is 1. The molecule has 0 amide bonds. The molecule has 31 heavy (non-hydrogen) atoms. The molecule has 0 aliphatic heterocycles. The van der Waals surface area contributed by atoms with Crippen LogP contribution in [0.1, 0.15) is 32.2 Å². The summed E-state index contributed by atoms with van der Waals surface area (Å²) in [5, 5.41) is 9.75. The van der Waals surface area contributed by atoms with E-state index in [9.17, 15) is 4.79 Å². The monoisotopic (exact) mass is 427 g/mol. The number of imidazole rings is 1. The Balaban J connectivity index is 2.19. The molecule has 1 aromatic carbocycles. The van der Waals surface area contributed by atoms with E-state index in [1.165, 1.54) is 6.08 Å². The van der Waals surface area contributed by atoms with Gasteiger partial charge in [0.1, 0.15) is 17.9 Å². The molecule has 0 radical (unpaired) electrons. The van der Waals surface area contributed by atoms with E-state index in [1.807, 2.05) is 32.9 Å². The predicted molar refractivity (Wildman–Crippen MR) is 121 cm³/mol. The fraction of sp³-hybridized carbons (Fsp3) is 0.409. The summed E-state index contributed by atoms with van der Waals surface area (Å²) in [6.45, 7) is 8.23. The lowest BCUT2D eigenvalue weighted by atomic mass is 10.1. The van der Waals surface area contributed by atoms with Crippen molar-refractivity contribution < 1.29 is 19.4 Å². The first-order valence-electron chi connectivity index (χ1n) is 10.2. The van der Waals surface area contributed by atoms with Gasteiger partial charge in [0.05, 0.1) is 29.8 Å². The number of pyridine rings is 1. The van der Waals surface area contributed by atoms with Crippen molar-refractivity contribution in [1.82, 2.24) is 14.5 Å². The normalized spacial score (nSPS) is 12.4. The van der Waals surface area contributed by atoms with Crippen LogP contribution in [0.2, 0.25) is 0 Å². The third-order valence-corrected chi connectivity index (χ3v) is 4.81. The number of carbonyl (C=O) groups is 1. The first kappa shape index (κ1) is 22.7. The van der Waals surface area contributed by atoms with Gasteiger partial charge in [0.2, 0.25) is 0 Å². The third kappa shape index (κ3) is 5.19. The van der Waals surface area contributed by atoms with Gasteiger partial charge in [0, 0.05) is 24.6 Å². The molecular weight excluding hydrogens is 398 g/mol. The molecule has 0 saturated carbocycles. The van der Waals surface area contributed by atoms with Gasteiger partial charge in [-0.1, -0.05) is 12.1 Å². The van der Waals surface area contributed by atoms with Crippen LogP contribution < -0.4 is 11.5 Å². The summed E-state index contributed by atoms with van der Waals surface area (Å²) in [7, 11) is 0. The fourth-order valence-electron chi connectivity index (χ4n) is 3.48. The smallest absolute Gasteiger partial charge is 0.328 e. The Kier molecular flexibility index (Phi) is 6.89. The highest BCUT2D eigenvalue weighted by Crippen LogP contribution is 2.31. The number of nitrogens with zero attached hydrogens (tertiary/aromatic N) is 3. The van der Waals surface area contributed by atoms with Gasteiger partial charge in [-0.15, -0.1) is 0 Å². The Hall–Kier alpha value is -3.01. The van der Waals surface area contributed by atoms with Crippen LogP contribution >= 0.6 is 0 Å². The Bertz CT molecular complexity index is 1120. The van der Waals surface area contributed by atoms with Crippen LogP contribution in [0.15, 0.2) is 24.3 Å². The molecule has 0 atom stereocenters. The summed E-state index contributed by atoms with van der Waals surface area (Å²) < 4.78 is 13.7. The van der Waals surface area contributed by atoms with E-state index in [0.29, 0.717) is 55.3 Å². The van der Waals surface area contributed by atoms with Gasteiger partial charge in [-0.2, -0.15) is 0 Å². The van der Waals surface area contributed by atoms with Gasteiger partial charge in [0.25, 0.3) is 0 Å². The number of hydrogen-bond donors (Lipinski definition) is 3. The molecule has 3 aromatic rings. The Morgan fingerprint density at radius 3 is 2.77 bits per heavy atom. The number of fused-ring (bicyclic) bond motifs is 3. The second kappa shape index (κ2) is 9.42. The topological polar surface area (TPSA) is 139 Å². The summed E-state index contributed by atoms with van der Waals surface area (Å²) in [6, 6.07) is 5.55. The second-order valence-corrected chi connectivity index (χ2v) is 7.79. The van der Waals surface area contributed by atoms with Crippen molar-refractivity contribution in [1.29, 1.82) is 0 Å². The van der Waals surface area contributed by atoms with E-state index in [1.54, 1.807) is 6.07 Å². The molecule has 0 unspecified atom stereocenters. The Morgan fingerprint density at radius 2 is 2.10 bits per heavy atom. The molecule has 0 spiro atoms. The lowest BCUT2D eigenvalue weighted by molar-refractivity contribution is -0.131. The van der Waals surface area contributed by atoms with Gasteiger partial charge in [0.15, 0.2) is 5.82 Å². The molecular formula is C22H29N5O4. The zero-order chi connectivity index (χ0) is 22.6. The molecule has 5 N–H and O–H groups in total. The average molecular weight is 428 g/mol. The summed E-state index contributed by atoms with van der Waals surface area (Å²) in [5.41, 5.74) is 14.2. The number of aliphatic carboxylic acids is 1. The number of hydrogen-bond acceptors (Lipinski definition) is 7. The summed E-state index contributed by atoms with van der Waals surface area (Å²) in [6.07, 6.45) is 2.61. The first-order valence-corrected chi connectivity index (χ1v) is 10.2. The number of ether oxygens (including phenoxy) is 2. The van der Waals surface area contributed by atoms with Crippen molar-refractivity contribution in [2.24, 2.45) is 5.73 Å². The molecule has 166 valence electrons. The Labute approximate surface area is 180 Å². The lowest BCUT2D eigenvalue weighted by Gasteiger charge is -2.27. The molecule has 0 bridgehead atoms. The van der Waals surface area contributed by atoms with Crippen LogP contribution in [-0.4, -0.2) is 51.0 Å². The van der Waals surface area contributed by atoms with Crippen LogP contribution in [0.3, 0.4) is 0 Å². The van der Waals surface area contributed by atoms with Gasteiger partial charge in [-0.05, 0) is 38.5 Å². The van der Waals surface area contributed by atoms with Crippen molar-refractivity contribution in [2.75, 3.05) is 25.5 Å². The van der Waals surface area contributed by atoms with E-state index in [2.05, 4.69) is 9.55 Å². The van der Waals surface area contributed by atoms with Crippen LogP contribution in [0.25, 0.3) is 28.0 Å². The predicted octanol–water partition coefficient (Wildman–Crippen LogP) is 2.55. The molecule has 2 aromatic heterocycles. The van der Waals surface area contributed by atoms with Gasteiger partial charge in [-0.3, -0.25) is 0 Å². The van der Waals surface area contributed by atoms with Crippen molar-refractivity contribution in [3.05, 3.63) is 35.7 Å². The highest BCUT2D eigenvalue weighted by atomic mass is 16.5. The van der Waals surface area contributed by atoms with Gasteiger partial charge < -0.3 is 30.6 Å². The minimum atomic E-state index is -1.01. The standard InChI is InChI=1S/C22H29N5O4/c1-4-30-12-17-26-19-20(27(17)13-22(2,3)31-10-9-23)15-7-5-14(6-8-18(28)29)11-16(15)25-21(19)24/h5-8,11H,4,9-10,12-13,23H2,1-3H3,(H2,24,25)(H,28,29)/b8-6+. The molecule has 0 fully saturated rings. The summed E-state index contributed by atoms with van der Waals surface area (Å²) in [4.78, 5) is 20.1. The van der Waals surface area contributed by atoms with Crippen molar-refractivity contribution in [2.45, 2.75) is 39.5 Å². The number of benzene rings is 1. The number of anilines is 1. The zero-order valence-corrected chi connectivity index (χ0v) is 18.1. The van der Waals surface area contributed by atoms with Crippen molar-refractivity contribution >= 4 is 39.8 Å². The minimum absolute atomic E-state index is 0.305. The van der Waals surface area contributed by atoms with E-state index in [0.717, 1.165) is 22.8 Å². The summed E-state index contributed by atoms with van der Waals surface area (Å²) >= 11 is 0. The molecule has 9 nitrogen and oxygen atoms in total. The number of rotatable bonds is 10. The maximum atomic E-state index is 10.8. The average Bonchev–Trinajstić information content (AvgIpc) is 3.07. The van der Waals surface area contributed by atoms with Crippen LogP contribution in [0.4, 0.5) is 5.82 Å². The molecule has 9 heteroatoms. The van der Waals surface area contributed by atoms with Crippen LogP contribution in [0.5, 0.6) is 0 Å². The maximum absolute atomic E-state index is 10.8. The number of carboxylic acid groups (broad SMARTS) is 1. The highest BCUT2D eigenvalue weighted by molar-refractivity contribution is 6.07. The quantitative estimate of drug-likeness (QED) is 0.420. The van der Waals surface area contributed by atoms with E-state index in [4.69, 9.17) is 31.0 Å². The minimum Gasteiger partial charge on any atom is -0.478 e. The zero-order valence-electron chi connectivity index (χ0n) is 18.1. The maximum Gasteiger partial charge on any atom is 0.328 e.